The third-order valence-corrected chi connectivity index (χ3v) is 11.2. The Morgan fingerprint density at radius 3 is 2.19 bits per heavy atom. The number of amides is 2. The summed E-state index contributed by atoms with van der Waals surface area (Å²) in [5.41, 5.74) is 2.82. The Bertz CT molecular complexity index is 1670. The van der Waals surface area contributed by atoms with Crippen LogP contribution in [0.1, 0.15) is 53.6 Å². The molecule has 1 saturated heterocycles. The molecule has 1 fully saturated rings. The molecule has 0 saturated carbocycles. The molecule has 3 aromatic carbocycles. The molecule has 11 heteroatoms. The summed E-state index contributed by atoms with van der Waals surface area (Å²) in [4.78, 5) is 31.2. The van der Waals surface area contributed by atoms with Crippen molar-refractivity contribution in [3.8, 4) is 11.1 Å². The van der Waals surface area contributed by atoms with Crippen molar-refractivity contribution in [1.29, 1.82) is 0 Å². The number of carbonyl (C=O) groups is 2. The first-order valence-electron chi connectivity index (χ1n) is 15.7. The summed E-state index contributed by atoms with van der Waals surface area (Å²) >= 11 is 9.06. The van der Waals surface area contributed by atoms with E-state index in [4.69, 9.17) is 11.6 Å². The average Bonchev–Trinajstić information content (AvgIpc) is 3.65. The summed E-state index contributed by atoms with van der Waals surface area (Å²) in [5, 5.41) is 9.98. The first-order chi connectivity index (χ1) is 22.6. The largest absolute Gasteiger partial charge is 0.405 e. The van der Waals surface area contributed by atoms with E-state index in [0.717, 1.165) is 70.9 Å². The lowest BCUT2D eigenvalue weighted by atomic mass is 9.73. The minimum Gasteiger partial charge on any atom is -0.349 e. The van der Waals surface area contributed by atoms with Crippen LogP contribution in [0.5, 0.6) is 0 Å². The number of benzene rings is 3. The van der Waals surface area contributed by atoms with E-state index in [2.05, 4.69) is 15.5 Å². The SMILES string of the molecule is O=C(NC1CCN(CCCCC2(C(=O)NCC(F)(F)F)c3ccccc3-c3ccccc32)CC1)c1cscc1Sc1ccc(Cl)cc1. The van der Waals surface area contributed by atoms with Crippen LogP contribution in [0.2, 0.25) is 5.02 Å². The van der Waals surface area contributed by atoms with Gasteiger partial charge in [-0.1, -0.05) is 78.3 Å². The number of alkyl halides is 3. The summed E-state index contributed by atoms with van der Waals surface area (Å²) in [7, 11) is 0. The molecule has 0 spiro atoms. The molecular weight excluding hydrogens is 663 g/mol. The van der Waals surface area contributed by atoms with E-state index in [-0.39, 0.29) is 11.9 Å². The Morgan fingerprint density at radius 2 is 1.55 bits per heavy atom. The number of unbranched alkanes of at least 4 members (excludes halogenated alkanes) is 1. The van der Waals surface area contributed by atoms with Gasteiger partial charge in [0.05, 0.1) is 5.56 Å². The van der Waals surface area contributed by atoms with Gasteiger partial charge in [0.1, 0.15) is 12.0 Å². The molecule has 0 bridgehead atoms. The van der Waals surface area contributed by atoms with Crippen molar-refractivity contribution in [1.82, 2.24) is 15.5 Å². The van der Waals surface area contributed by atoms with Crippen LogP contribution in [-0.2, 0) is 10.2 Å². The van der Waals surface area contributed by atoms with Crippen LogP contribution < -0.4 is 10.6 Å². The number of nitrogens with zero attached hydrogens (tertiary/aromatic N) is 1. The number of fused-ring (bicyclic) bond motifs is 3. The Kier molecular flexibility index (Phi) is 10.3. The molecule has 246 valence electrons. The highest BCUT2D eigenvalue weighted by atomic mass is 35.5. The number of carbonyl (C=O) groups excluding carboxylic acids is 2. The molecule has 0 radical (unpaired) electrons. The number of hydrogen-bond acceptors (Lipinski definition) is 5. The summed E-state index contributed by atoms with van der Waals surface area (Å²) in [6, 6.07) is 22.7. The Hall–Kier alpha value is -3.31. The standard InChI is InChI=1S/C36H35ClF3N3O2S2/c37-24-11-13-26(14-12-24)47-32-22-46-21-29(32)33(44)42-25-15-19-43(20-16-25)18-6-5-17-35(34(45)41-23-36(38,39)40)30-9-3-1-7-27(30)28-8-2-4-10-31(28)35/h1-4,7-14,21-22,25H,5-6,15-20,23H2,(H,41,45)(H,42,44). The number of halogens is 4. The maximum absolute atomic E-state index is 13.7. The second kappa shape index (κ2) is 14.4. The maximum atomic E-state index is 13.7. The van der Waals surface area contributed by atoms with Crippen LogP contribution in [0.3, 0.4) is 0 Å². The number of piperidine rings is 1. The number of hydrogen-bond donors (Lipinski definition) is 2. The predicted molar refractivity (Wildman–Crippen MR) is 182 cm³/mol. The van der Waals surface area contributed by atoms with Crippen molar-refractivity contribution in [3.05, 3.63) is 105 Å². The lowest BCUT2D eigenvalue weighted by Crippen LogP contribution is -2.47. The zero-order valence-electron chi connectivity index (χ0n) is 25.6. The van der Waals surface area contributed by atoms with Gasteiger partial charge in [0.15, 0.2) is 0 Å². The van der Waals surface area contributed by atoms with Crippen molar-refractivity contribution in [2.45, 2.75) is 59.5 Å². The van der Waals surface area contributed by atoms with Crippen molar-refractivity contribution >= 4 is 46.5 Å². The number of nitrogens with one attached hydrogen (secondary N) is 2. The van der Waals surface area contributed by atoms with Crippen LogP contribution >= 0.6 is 34.7 Å². The minimum atomic E-state index is -4.50. The zero-order chi connectivity index (χ0) is 33.0. The fraction of sp³-hybridized carbons (Fsp3) is 0.333. The summed E-state index contributed by atoms with van der Waals surface area (Å²) in [6.45, 7) is 1.13. The first kappa shape index (κ1) is 33.6. The molecule has 4 aromatic rings. The van der Waals surface area contributed by atoms with E-state index < -0.39 is 24.0 Å². The van der Waals surface area contributed by atoms with E-state index in [1.807, 2.05) is 83.6 Å². The van der Waals surface area contributed by atoms with Crippen molar-refractivity contribution in [2.24, 2.45) is 0 Å². The minimum absolute atomic E-state index is 0.0626. The molecule has 6 rings (SSSR count). The first-order valence-corrected chi connectivity index (χ1v) is 17.8. The second-order valence-electron chi connectivity index (χ2n) is 12.0. The molecule has 2 amide bonds. The number of likely N-dealkylation sites (tertiary alicyclic amines) is 1. The van der Waals surface area contributed by atoms with Gasteiger partial charge in [0, 0.05) is 44.7 Å². The van der Waals surface area contributed by atoms with E-state index in [9.17, 15) is 22.8 Å². The van der Waals surface area contributed by atoms with Crippen LogP contribution in [-0.4, -0.2) is 55.1 Å². The molecule has 0 atom stereocenters. The van der Waals surface area contributed by atoms with Gasteiger partial charge in [0.2, 0.25) is 5.91 Å². The molecule has 1 aromatic heterocycles. The third-order valence-electron chi connectivity index (χ3n) is 9.01. The van der Waals surface area contributed by atoms with Crippen molar-refractivity contribution in [2.75, 3.05) is 26.2 Å². The monoisotopic (exact) mass is 697 g/mol. The summed E-state index contributed by atoms with van der Waals surface area (Å²) in [6.07, 6.45) is -0.947. The second-order valence-corrected chi connectivity index (χ2v) is 14.3. The Morgan fingerprint density at radius 1 is 0.915 bits per heavy atom. The summed E-state index contributed by atoms with van der Waals surface area (Å²) in [5.74, 6) is -0.670. The smallest absolute Gasteiger partial charge is 0.349 e. The Labute approximate surface area is 285 Å². The van der Waals surface area contributed by atoms with Crippen molar-refractivity contribution < 1.29 is 22.8 Å². The van der Waals surface area contributed by atoms with E-state index >= 15 is 0 Å². The molecule has 2 aliphatic rings. The topological polar surface area (TPSA) is 61.4 Å². The van der Waals surface area contributed by atoms with Gasteiger partial charge in [0.25, 0.3) is 5.91 Å². The molecular formula is C36H35ClF3N3O2S2. The molecule has 2 heterocycles. The highest BCUT2D eigenvalue weighted by Crippen LogP contribution is 2.51. The predicted octanol–water partition coefficient (Wildman–Crippen LogP) is 8.56. The molecule has 1 aliphatic heterocycles. The van der Waals surface area contributed by atoms with Gasteiger partial charge in [-0.05, 0) is 78.7 Å². The zero-order valence-corrected chi connectivity index (χ0v) is 28.0. The average molecular weight is 698 g/mol. The molecule has 1 aliphatic carbocycles. The van der Waals surface area contributed by atoms with Gasteiger partial charge >= 0.3 is 6.18 Å². The van der Waals surface area contributed by atoms with Gasteiger partial charge in [-0.25, -0.2) is 0 Å². The quantitative estimate of drug-likeness (QED) is 0.154. The van der Waals surface area contributed by atoms with E-state index in [0.29, 0.717) is 23.4 Å². The number of thiophene rings is 1. The van der Waals surface area contributed by atoms with E-state index in [1.54, 1.807) is 11.8 Å². The number of rotatable bonds is 11. The normalized spacial score (nSPS) is 16.0. The van der Waals surface area contributed by atoms with Gasteiger partial charge in [-0.3, -0.25) is 9.59 Å². The Balaban J connectivity index is 1.03. The highest BCUT2D eigenvalue weighted by molar-refractivity contribution is 7.99. The fourth-order valence-corrected chi connectivity index (χ4v) is 8.77. The molecule has 47 heavy (non-hydrogen) atoms. The van der Waals surface area contributed by atoms with Crippen LogP contribution in [0.4, 0.5) is 13.2 Å². The lowest BCUT2D eigenvalue weighted by Gasteiger charge is -2.33. The third kappa shape index (κ3) is 7.56. The summed E-state index contributed by atoms with van der Waals surface area (Å²) < 4.78 is 39.5. The fourth-order valence-electron chi connectivity index (χ4n) is 6.73. The molecule has 0 unspecified atom stereocenters. The van der Waals surface area contributed by atoms with Crippen LogP contribution in [0.15, 0.2) is 93.3 Å². The van der Waals surface area contributed by atoms with Crippen LogP contribution in [0, 0.1) is 0 Å². The molecule has 2 N–H and O–H groups in total. The molecule has 5 nitrogen and oxygen atoms in total. The van der Waals surface area contributed by atoms with Gasteiger partial charge in [-0.15, -0.1) is 0 Å². The highest BCUT2D eigenvalue weighted by Gasteiger charge is 2.49. The van der Waals surface area contributed by atoms with E-state index in [1.165, 1.54) is 11.3 Å². The lowest BCUT2D eigenvalue weighted by molar-refractivity contribution is -0.141. The maximum Gasteiger partial charge on any atom is 0.405 e. The van der Waals surface area contributed by atoms with Gasteiger partial charge in [-0.2, -0.15) is 24.5 Å². The van der Waals surface area contributed by atoms with Gasteiger partial charge < -0.3 is 15.5 Å². The van der Waals surface area contributed by atoms with Crippen molar-refractivity contribution in [3.63, 3.8) is 0 Å². The van der Waals surface area contributed by atoms with Crippen LogP contribution in [0.25, 0.3) is 11.1 Å².